The molecule has 1 saturated heterocycles. The van der Waals surface area contributed by atoms with Crippen LogP contribution in [0.3, 0.4) is 0 Å². The number of furan rings is 1. The first-order chi connectivity index (χ1) is 9.59. The largest absolute Gasteiger partial charge is 0.450 e. The standard InChI is InChI=1S/C16H20N2O2.ClH/c1-10-5-4-6-13-12(3)15(20-14(10)13)16(19)18-8-7-17-9-11(18)2;/h4-6,11,17H,7-9H2,1-3H3;1H. The van der Waals surface area contributed by atoms with Crippen LogP contribution in [-0.2, 0) is 0 Å². The Morgan fingerprint density at radius 1 is 1.38 bits per heavy atom. The van der Waals surface area contributed by atoms with Crippen LogP contribution >= 0.6 is 12.4 Å². The van der Waals surface area contributed by atoms with Crippen LogP contribution in [0.1, 0.15) is 28.6 Å². The van der Waals surface area contributed by atoms with Crippen molar-refractivity contribution in [1.29, 1.82) is 0 Å². The minimum Gasteiger partial charge on any atom is -0.450 e. The van der Waals surface area contributed by atoms with E-state index in [4.69, 9.17) is 4.42 Å². The Morgan fingerprint density at radius 3 is 2.81 bits per heavy atom. The highest BCUT2D eigenvalue weighted by Gasteiger charge is 2.28. The number of rotatable bonds is 1. The van der Waals surface area contributed by atoms with Gasteiger partial charge in [0.15, 0.2) is 5.76 Å². The summed E-state index contributed by atoms with van der Waals surface area (Å²) in [6, 6.07) is 6.22. The van der Waals surface area contributed by atoms with Crippen LogP contribution in [0.2, 0.25) is 0 Å². The second kappa shape index (κ2) is 6.08. The number of aryl methyl sites for hydroxylation is 2. The Kier molecular flexibility index (Phi) is 4.59. The third-order valence-corrected chi connectivity index (χ3v) is 4.12. The summed E-state index contributed by atoms with van der Waals surface area (Å²) in [5, 5.41) is 4.33. The van der Waals surface area contributed by atoms with Crippen molar-refractivity contribution in [3.8, 4) is 0 Å². The first-order valence-corrected chi connectivity index (χ1v) is 7.10. The summed E-state index contributed by atoms with van der Waals surface area (Å²) in [7, 11) is 0. The maximum Gasteiger partial charge on any atom is 0.290 e. The number of halogens is 1. The fourth-order valence-corrected chi connectivity index (χ4v) is 2.86. The highest BCUT2D eigenvalue weighted by atomic mass is 35.5. The molecule has 1 aliphatic rings. The SMILES string of the molecule is Cc1c(C(=O)N2CCNCC2C)oc2c(C)cccc12.Cl. The Morgan fingerprint density at radius 2 is 2.14 bits per heavy atom. The molecule has 0 radical (unpaired) electrons. The van der Waals surface area contributed by atoms with Crippen LogP contribution in [0.4, 0.5) is 0 Å². The third-order valence-electron chi connectivity index (χ3n) is 4.12. The normalized spacial score (nSPS) is 18.6. The summed E-state index contributed by atoms with van der Waals surface area (Å²) in [6.07, 6.45) is 0. The van der Waals surface area contributed by atoms with Crippen molar-refractivity contribution in [2.24, 2.45) is 0 Å². The number of hydrogen-bond acceptors (Lipinski definition) is 3. The van der Waals surface area contributed by atoms with Crippen LogP contribution in [0.15, 0.2) is 22.6 Å². The van der Waals surface area contributed by atoms with Gasteiger partial charge in [0, 0.05) is 36.6 Å². The lowest BCUT2D eigenvalue weighted by Crippen LogP contribution is -2.52. The van der Waals surface area contributed by atoms with Gasteiger partial charge in [-0.3, -0.25) is 4.79 Å². The van der Waals surface area contributed by atoms with E-state index in [-0.39, 0.29) is 24.4 Å². The molecule has 1 fully saturated rings. The number of carbonyl (C=O) groups excluding carboxylic acids is 1. The van der Waals surface area contributed by atoms with Crippen LogP contribution < -0.4 is 5.32 Å². The van der Waals surface area contributed by atoms with Gasteiger partial charge in [-0.15, -0.1) is 12.4 Å². The lowest BCUT2D eigenvalue weighted by atomic mass is 10.1. The van der Waals surface area contributed by atoms with Crippen molar-refractivity contribution in [2.45, 2.75) is 26.8 Å². The van der Waals surface area contributed by atoms with Crippen molar-refractivity contribution in [3.05, 3.63) is 35.1 Å². The Balaban J connectivity index is 0.00000161. The Hall–Kier alpha value is -1.52. The summed E-state index contributed by atoms with van der Waals surface area (Å²) in [4.78, 5) is 14.6. The lowest BCUT2D eigenvalue weighted by molar-refractivity contribution is 0.0624. The van der Waals surface area contributed by atoms with Gasteiger partial charge >= 0.3 is 0 Å². The highest BCUT2D eigenvalue weighted by molar-refractivity contribution is 5.99. The smallest absolute Gasteiger partial charge is 0.290 e. The molecule has 0 saturated carbocycles. The molecule has 114 valence electrons. The maximum absolute atomic E-state index is 12.7. The second-order valence-corrected chi connectivity index (χ2v) is 5.56. The van der Waals surface area contributed by atoms with E-state index in [9.17, 15) is 4.79 Å². The van der Waals surface area contributed by atoms with Gasteiger partial charge in [-0.25, -0.2) is 0 Å². The first-order valence-electron chi connectivity index (χ1n) is 7.10. The van der Waals surface area contributed by atoms with E-state index in [0.29, 0.717) is 5.76 Å². The van der Waals surface area contributed by atoms with Gasteiger partial charge in [-0.05, 0) is 26.3 Å². The van der Waals surface area contributed by atoms with Crippen molar-refractivity contribution in [1.82, 2.24) is 10.2 Å². The van der Waals surface area contributed by atoms with E-state index in [0.717, 1.165) is 41.7 Å². The van der Waals surface area contributed by atoms with Gasteiger partial charge in [0.2, 0.25) is 0 Å². The first kappa shape index (κ1) is 15.9. The molecule has 4 nitrogen and oxygen atoms in total. The quantitative estimate of drug-likeness (QED) is 0.881. The number of nitrogens with zero attached hydrogens (tertiary/aromatic N) is 1. The molecule has 1 aromatic heterocycles. The lowest BCUT2D eigenvalue weighted by Gasteiger charge is -2.33. The van der Waals surface area contributed by atoms with E-state index in [1.165, 1.54) is 0 Å². The molecular formula is C16H21ClN2O2. The predicted molar refractivity (Wildman–Crippen MR) is 86.3 cm³/mol. The maximum atomic E-state index is 12.7. The van der Waals surface area contributed by atoms with Gasteiger partial charge in [-0.2, -0.15) is 0 Å². The molecule has 1 atom stereocenters. The zero-order valence-corrected chi connectivity index (χ0v) is 13.4. The number of piperazine rings is 1. The Bertz CT molecular complexity index is 666. The van der Waals surface area contributed by atoms with Gasteiger partial charge < -0.3 is 14.6 Å². The van der Waals surface area contributed by atoms with Crippen LogP contribution in [-0.4, -0.2) is 36.5 Å². The molecule has 2 heterocycles. The van der Waals surface area contributed by atoms with E-state index < -0.39 is 0 Å². The monoisotopic (exact) mass is 308 g/mol. The van der Waals surface area contributed by atoms with Crippen LogP contribution in [0, 0.1) is 13.8 Å². The Labute approximate surface area is 130 Å². The number of hydrogen-bond donors (Lipinski definition) is 1. The van der Waals surface area contributed by atoms with Crippen molar-refractivity contribution >= 4 is 29.3 Å². The topological polar surface area (TPSA) is 45.5 Å². The predicted octanol–water partition coefficient (Wildman–Crippen LogP) is 2.91. The van der Waals surface area contributed by atoms with Crippen molar-refractivity contribution in [2.75, 3.05) is 19.6 Å². The highest BCUT2D eigenvalue weighted by Crippen LogP contribution is 2.28. The molecule has 1 aliphatic heterocycles. The van der Waals surface area contributed by atoms with Crippen molar-refractivity contribution < 1.29 is 9.21 Å². The van der Waals surface area contributed by atoms with Crippen LogP contribution in [0.5, 0.6) is 0 Å². The number of carbonyl (C=O) groups is 1. The zero-order chi connectivity index (χ0) is 14.3. The summed E-state index contributed by atoms with van der Waals surface area (Å²) in [6.45, 7) is 8.44. The second-order valence-electron chi connectivity index (χ2n) is 5.56. The average Bonchev–Trinajstić information content (AvgIpc) is 2.78. The molecule has 1 unspecified atom stereocenters. The average molecular weight is 309 g/mol. The molecule has 0 bridgehead atoms. The zero-order valence-electron chi connectivity index (χ0n) is 12.6. The number of nitrogens with one attached hydrogen (secondary N) is 1. The molecule has 1 N–H and O–H groups in total. The molecule has 1 aromatic carbocycles. The molecular weight excluding hydrogens is 288 g/mol. The minimum atomic E-state index is 0. The summed E-state index contributed by atoms with van der Waals surface area (Å²) in [5.41, 5.74) is 2.84. The summed E-state index contributed by atoms with van der Waals surface area (Å²) >= 11 is 0. The minimum absolute atomic E-state index is 0. The molecule has 21 heavy (non-hydrogen) atoms. The van der Waals surface area contributed by atoms with Gasteiger partial charge in [-0.1, -0.05) is 18.2 Å². The molecule has 0 aliphatic carbocycles. The molecule has 2 aromatic rings. The number of benzene rings is 1. The fraction of sp³-hybridized carbons (Fsp3) is 0.438. The molecule has 0 spiro atoms. The van der Waals surface area contributed by atoms with Gasteiger partial charge in [0.1, 0.15) is 5.58 Å². The summed E-state index contributed by atoms with van der Waals surface area (Å²) < 4.78 is 5.88. The molecule has 1 amide bonds. The van der Waals surface area contributed by atoms with E-state index in [1.54, 1.807) is 0 Å². The fourth-order valence-electron chi connectivity index (χ4n) is 2.86. The van der Waals surface area contributed by atoms with E-state index in [2.05, 4.69) is 12.2 Å². The van der Waals surface area contributed by atoms with Crippen LogP contribution in [0.25, 0.3) is 11.0 Å². The number of fused-ring (bicyclic) bond motifs is 1. The van der Waals surface area contributed by atoms with E-state index >= 15 is 0 Å². The number of amides is 1. The number of para-hydroxylation sites is 1. The van der Waals surface area contributed by atoms with E-state index in [1.807, 2.05) is 36.9 Å². The van der Waals surface area contributed by atoms with Gasteiger partial charge in [0.05, 0.1) is 0 Å². The summed E-state index contributed by atoms with van der Waals surface area (Å²) in [5.74, 6) is 0.496. The molecule has 3 rings (SSSR count). The van der Waals surface area contributed by atoms with Crippen molar-refractivity contribution in [3.63, 3.8) is 0 Å². The molecule has 5 heteroatoms. The van der Waals surface area contributed by atoms with Gasteiger partial charge in [0.25, 0.3) is 5.91 Å². The third kappa shape index (κ3) is 2.65.